The molecular weight excluding hydrogens is 268 g/mol. The van der Waals surface area contributed by atoms with Gasteiger partial charge < -0.3 is 8.98 Å². The highest BCUT2D eigenvalue weighted by Crippen LogP contribution is 2.16. The largest absolute Gasteiger partial charge is 0.472 e. The van der Waals surface area contributed by atoms with Crippen molar-refractivity contribution in [1.29, 1.82) is 0 Å². The van der Waals surface area contributed by atoms with Gasteiger partial charge in [0.1, 0.15) is 18.5 Å². The first-order chi connectivity index (χ1) is 10.4. The molecule has 3 aromatic heterocycles. The third-order valence-corrected chi connectivity index (χ3v) is 3.71. The van der Waals surface area contributed by atoms with Crippen LogP contribution < -0.4 is 0 Å². The van der Waals surface area contributed by atoms with Gasteiger partial charge in [-0.15, -0.1) is 0 Å². The second-order valence-electron chi connectivity index (χ2n) is 5.28. The highest BCUT2D eigenvalue weighted by atomic mass is 16.3. The Hall–Kier alpha value is -2.41. The summed E-state index contributed by atoms with van der Waals surface area (Å²) in [7, 11) is 0. The summed E-state index contributed by atoms with van der Waals surface area (Å²) in [6.07, 6.45) is 8.89. The number of furan rings is 1. The zero-order valence-electron chi connectivity index (χ0n) is 11.6. The number of nitrogens with zero attached hydrogens (tertiary/aromatic N) is 6. The molecule has 0 saturated heterocycles. The van der Waals surface area contributed by atoms with Crippen LogP contribution in [0.5, 0.6) is 0 Å². The molecule has 3 aromatic rings. The predicted octanol–water partition coefficient (Wildman–Crippen LogP) is 1.13. The summed E-state index contributed by atoms with van der Waals surface area (Å²) in [5.41, 5.74) is 2.23. The number of rotatable bonds is 4. The standard InChI is InChI=1S/C14H16N6O/c1-4-21-9-12(1)5-18-2-3-19-6-13(17-14(19)8-18)7-20-11-15-10-16-20/h1,4,6,9-11H,2-3,5,7-8H2. The van der Waals surface area contributed by atoms with Crippen LogP contribution in [0.25, 0.3) is 0 Å². The fourth-order valence-electron chi connectivity index (χ4n) is 2.69. The second-order valence-corrected chi connectivity index (χ2v) is 5.28. The summed E-state index contributed by atoms with van der Waals surface area (Å²) in [4.78, 5) is 11.0. The number of aromatic nitrogens is 5. The number of imidazole rings is 1. The summed E-state index contributed by atoms with van der Waals surface area (Å²) in [5.74, 6) is 1.11. The third-order valence-electron chi connectivity index (χ3n) is 3.71. The molecule has 0 bridgehead atoms. The molecule has 1 aliphatic rings. The van der Waals surface area contributed by atoms with Gasteiger partial charge in [0.25, 0.3) is 0 Å². The first kappa shape index (κ1) is 12.3. The van der Waals surface area contributed by atoms with Crippen molar-refractivity contribution in [3.8, 4) is 0 Å². The molecule has 0 atom stereocenters. The minimum atomic E-state index is 0.668. The van der Waals surface area contributed by atoms with Crippen molar-refractivity contribution < 1.29 is 4.42 Å². The molecule has 0 radical (unpaired) electrons. The van der Waals surface area contributed by atoms with Gasteiger partial charge in [0, 0.05) is 31.4 Å². The van der Waals surface area contributed by atoms with Crippen molar-refractivity contribution in [1.82, 2.24) is 29.2 Å². The Morgan fingerprint density at radius 2 is 2.24 bits per heavy atom. The van der Waals surface area contributed by atoms with E-state index < -0.39 is 0 Å². The number of fused-ring (bicyclic) bond motifs is 1. The van der Waals surface area contributed by atoms with Crippen molar-refractivity contribution in [3.63, 3.8) is 0 Å². The van der Waals surface area contributed by atoms with Crippen LogP contribution in [-0.4, -0.2) is 35.8 Å². The SMILES string of the molecule is c1ncn(Cc2cn3c(n2)CN(Cc2ccoc2)CC3)n1. The summed E-state index contributed by atoms with van der Waals surface area (Å²) in [6.45, 7) is 4.43. The van der Waals surface area contributed by atoms with Crippen LogP contribution in [0.2, 0.25) is 0 Å². The molecule has 0 aliphatic carbocycles. The van der Waals surface area contributed by atoms with Crippen LogP contribution in [0.1, 0.15) is 17.1 Å². The van der Waals surface area contributed by atoms with Crippen molar-refractivity contribution in [2.75, 3.05) is 6.54 Å². The highest BCUT2D eigenvalue weighted by molar-refractivity contribution is 5.09. The van der Waals surface area contributed by atoms with E-state index in [9.17, 15) is 0 Å². The quantitative estimate of drug-likeness (QED) is 0.718. The van der Waals surface area contributed by atoms with Gasteiger partial charge in [-0.25, -0.2) is 14.6 Å². The van der Waals surface area contributed by atoms with Gasteiger partial charge in [-0.05, 0) is 6.07 Å². The summed E-state index contributed by atoms with van der Waals surface area (Å²) >= 11 is 0. The molecule has 7 heteroatoms. The van der Waals surface area contributed by atoms with E-state index in [-0.39, 0.29) is 0 Å². The summed E-state index contributed by atoms with van der Waals surface area (Å²) in [6, 6.07) is 2.01. The average Bonchev–Trinajstić information content (AvgIpc) is 3.19. The van der Waals surface area contributed by atoms with Crippen LogP contribution in [0.4, 0.5) is 0 Å². The zero-order chi connectivity index (χ0) is 14.1. The molecule has 0 fully saturated rings. The van der Waals surface area contributed by atoms with Crippen molar-refractivity contribution in [3.05, 3.63) is 54.5 Å². The summed E-state index contributed by atoms with van der Waals surface area (Å²) in [5, 5.41) is 4.12. The summed E-state index contributed by atoms with van der Waals surface area (Å²) < 4.78 is 9.15. The lowest BCUT2D eigenvalue weighted by Crippen LogP contribution is -2.33. The van der Waals surface area contributed by atoms with Crippen LogP contribution in [0, 0.1) is 0 Å². The Morgan fingerprint density at radius 3 is 3.05 bits per heavy atom. The van der Waals surface area contributed by atoms with Crippen LogP contribution in [0.3, 0.4) is 0 Å². The molecule has 0 amide bonds. The molecule has 0 aromatic carbocycles. The van der Waals surface area contributed by atoms with Crippen molar-refractivity contribution in [2.45, 2.75) is 26.2 Å². The minimum Gasteiger partial charge on any atom is -0.472 e. The maximum Gasteiger partial charge on any atom is 0.137 e. The van der Waals surface area contributed by atoms with E-state index in [1.807, 2.05) is 6.07 Å². The molecule has 0 spiro atoms. The fraction of sp³-hybridized carbons (Fsp3) is 0.357. The molecule has 1 aliphatic heterocycles. The third kappa shape index (κ3) is 2.59. The lowest BCUT2D eigenvalue weighted by Gasteiger charge is -2.26. The van der Waals surface area contributed by atoms with Gasteiger partial charge in [0.2, 0.25) is 0 Å². The van der Waals surface area contributed by atoms with Gasteiger partial charge >= 0.3 is 0 Å². The Morgan fingerprint density at radius 1 is 1.24 bits per heavy atom. The van der Waals surface area contributed by atoms with E-state index in [0.717, 1.165) is 37.7 Å². The van der Waals surface area contributed by atoms with Crippen LogP contribution >= 0.6 is 0 Å². The first-order valence-corrected chi connectivity index (χ1v) is 6.97. The molecule has 0 N–H and O–H groups in total. The molecule has 0 saturated carbocycles. The molecule has 4 heterocycles. The predicted molar refractivity (Wildman–Crippen MR) is 74.2 cm³/mol. The Bertz CT molecular complexity index is 700. The lowest BCUT2D eigenvalue weighted by molar-refractivity contribution is 0.208. The van der Waals surface area contributed by atoms with Gasteiger partial charge in [-0.2, -0.15) is 5.10 Å². The zero-order valence-corrected chi connectivity index (χ0v) is 11.6. The molecule has 7 nitrogen and oxygen atoms in total. The van der Waals surface area contributed by atoms with Gasteiger partial charge in [0.15, 0.2) is 0 Å². The molecule has 4 rings (SSSR count). The second kappa shape index (κ2) is 5.17. The smallest absolute Gasteiger partial charge is 0.137 e. The molecule has 0 unspecified atom stereocenters. The molecule has 21 heavy (non-hydrogen) atoms. The Kier molecular flexibility index (Phi) is 3.04. The van der Waals surface area contributed by atoms with Gasteiger partial charge in [0.05, 0.1) is 31.3 Å². The van der Waals surface area contributed by atoms with Gasteiger partial charge in [-0.1, -0.05) is 0 Å². The Labute approximate surface area is 121 Å². The van der Waals surface area contributed by atoms with E-state index in [1.165, 1.54) is 5.56 Å². The van der Waals surface area contributed by atoms with E-state index >= 15 is 0 Å². The topological polar surface area (TPSA) is 64.9 Å². The van der Waals surface area contributed by atoms with Crippen LogP contribution in [0.15, 0.2) is 41.9 Å². The van der Waals surface area contributed by atoms with E-state index in [1.54, 1.807) is 29.9 Å². The first-order valence-electron chi connectivity index (χ1n) is 6.97. The lowest BCUT2D eigenvalue weighted by atomic mass is 10.3. The van der Waals surface area contributed by atoms with Crippen molar-refractivity contribution in [2.24, 2.45) is 0 Å². The number of hydrogen-bond acceptors (Lipinski definition) is 5. The maximum atomic E-state index is 5.13. The maximum absolute atomic E-state index is 5.13. The van der Waals surface area contributed by atoms with E-state index in [4.69, 9.17) is 9.40 Å². The normalized spacial score (nSPS) is 15.2. The molecular formula is C14H16N6O. The molecule has 108 valence electrons. The number of hydrogen-bond donors (Lipinski definition) is 0. The monoisotopic (exact) mass is 284 g/mol. The Balaban J connectivity index is 1.46. The van der Waals surface area contributed by atoms with Gasteiger partial charge in [-0.3, -0.25) is 4.90 Å². The fourth-order valence-corrected chi connectivity index (χ4v) is 2.69. The van der Waals surface area contributed by atoms with Crippen molar-refractivity contribution >= 4 is 0 Å². The van der Waals surface area contributed by atoms with E-state index in [0.29, 0.717) is 6.54 Å². The highest BCUT2D eigenvalue weighted by Gasteiger charge is 2.19. The average molecular weight is 284 g/mol. The van der Waals surface area contributed by atoms with Crippen LogP contribution in [-0.2, 0) is 26.2 Å². The minimum absolute atomic E-state index is 0.668. The van der Waals surface area contributed by atoms with E-state index in [2.05, 4.69) is 25.7 Å².